The third-order valence-electron chi connectivity index (χ3n) is 4.98. The summed E-state index contributed by atoms with van der Waals surface area (Å²) in [5.41, 5.74) is 3.48. The Kier molecular flexibility index (Phi) is 5.48. The van der Waals surface area contributed by atoms with Crippen molar-refractivity contribution in [2.24, 2.45) is 0 Å². The van der Waals surface area contributed by atoms with E-state index in [4.69, 9.17) is 15.2 Å². The Hall–Kier alpha value is -3.39. The Labute approximate surface area is 165 Å². The maximum atomic E-state index is 8.98. The third-order valence-corrected chi connectivity index (χ3v) is 4.98. The van der Waals surface area contributed by atoms with Crippen LogP contribution in [0.1, 0.15) is 31.2 Å². The summed E-state index contributed by atoms with van der Waals surface area (Å²) in [6, 6.07) is 21.8. The summed E-state index contributed by atoms with van der Waals surface area (Å²) in [6.45, 7) is 2.06. The summed E-state index contributed by atoms with van der Waals surface area (Å²) in [5, 5.41) is 12.3. The largest absolute Gasteiger partial charge is 0.356 e. The average Bonchev–Trinajstić information content (AvgIpc) is 3.04. The zero-order valence-electron chi connectivity index (χ0n) is 15.8. The Morgan fingerprint density at radius 1 is 0.857 bits per heavy atom. The van der Waals surface area contributed by atoms with Crippen LogP contribution in [0, 0.1) is 11.3 Å². The molecule has 4 rings (SSSR count). The second-order valence-corrected chi connectivity index (χ2v) is 7.02. The van der Waals surface area contributed by atoms with Gasteiger partial charge in [0.05, 0.1) is 17.3 Å². The second kappa shape index (κ2) is 8.53. The van der Waals surface area contributed by atoms with Crippen molar-refractivity contribution in [3.8, 4) is 17.3 Å². The summed E-state index contributed by atoms with van der Waals surface area (Å²) in [7, 11) is 0. The van der Waals surface area contributed by atoms with Crippen molar-refractivity contribution in [2.45, 2.75) is 25.7 Å². The lowest BCUT2D eigenvalue weighted by Crippen LogP contribution is -2.25. The SMILES string of the molecule is N#Cc1ccc(Nc2nc(-c3ccccc3)cc(N3CCCCCC3)n2)cc1. The quantitative estimate of drug-likeness (QED) is 0.690. The number of hydrogen-bond acceptors (Lipinski definition) is 5. The predicted octanol–water partition coefficient (Wildman–Crippen LogP) is 5.14. The molecule has 0 radical (unpaired) electrons. The van der Waals surface area contributed by atoms with Gasteiger partial charge in [0.25, 0.3) is 0 Å². The van der Waals surface area contributed by atoms with Crippen LogP contribution in [-0.2, 0) is 0 Å². The molecule has 1 saturated heterocycles. The normalized spacial score (nSPS) is 14.2. The van der Waals surface area contributed by atoms with E-state index >= 15 is 0 Å². The topological polar surface area (TPSA) is 64.8 Å². The number of anilines is 3. The molecule has 1 fully saturated rings. The lowest BCUT2D eigenvalue weighted by atomic mass is 10.1. The zero-order valence-corrected chi connectivity index (χ0v) is 15.8. The van der Waals surface area contributed by atoms with E-state index in [1.54, 1.807) is 12.1 Å². The molecule has 140 valence electrons. The molecule has 28 heavy (non-hydrogen) atoms. The molecule has 5 heteroatoms. The highest BCUT2D eigenvalue weighted by Gasteiger charge is 2.15. The fraction of sp³-hybridized carbons (Fsp3) is 0.261. The highest BCUT2D eigenvalue weighted by Crippen LogP contribution is 2.26. The molecule has 0 atom stereocenters. The Morgan fingerprint density at radius 3 is 2.25 bits per heavy atom. The van der Waals surface area contributed by atoms with Crippen molar-refractivity contribution in [3.05, 3.63) is 66.2 Å². The molecule has 3 aromatic rings. The van der Waals surface area contributed by atoms with Crippen LogP contribution in [0.4, 0.5) is 17.5 Å². The van der Waals surface area contributed by atoms with Crippen molar-refractivity contribution in [1.82, 2.24) is 9.97 Å². The number of rotatable bonds is 4. The first-order chi connectivity index (χ1) is 13.8. The van der Waals surface area contributed by atoms with Crippen LogP contribution in [0.3, 0.4) is 0 Å². The average molecular weight is 369 g/mol. The minimum absolute atomic E-state index is 0.574. The molecule has 0 aliphatic carbocycles. The maximum Gasteiger partial charge on any atom is 0.229 e. The molecule has 1 aliphatic heterocycles. The molecule has 2 heterocycles. The van der Waals surface area contributed by atoms with Crippen molar-refractivity contribution in [1.29, 1.82) is 5.26 Å². The Morgan fingerprint density at radius 2 is 1.57 bits per heavy atom. The highest BCUT2D eigenvalue weighted by molar-refractivity contribution is 5.66. The zero-order chi connectivity index (χ0) is 19.2. The van der Waals surface area contributed by atoms with Gasteiger partial charge in [-0.1, -0.05) is 43.2 Å². The van der Waals surface area contributed by atoms with Gasteiger partial charge in [0.1, 0.15) is 5.82 Å². The van der Waals surface area contributed by atoms with Crippen molar-refractivity contribution in [3.63, 3.8) is 0 Å². The second-order valence-electron chi connectivity index (χ2n) is 7.02. The van der Waals surface area contributed by atoms with Gasteiger partial charge < -0.3 is 10.2 Å². The van der Waals surface area contributed by atoms with Crippen LogP contribution in [0.5, 0.6) is 0 Å². The lowest BCUT2D eigenvalue weighted by molar-refractivity contribution is 0.726. The first-order valence-electron chi connectivity index (χ1n) is 9.78. The summed E-state index contributed by atoms with van der Waals surface area (Å²) in [5.74, 6) is 1.54. The van der Waals surface area contributed by atoms with Gasteiger partial charge in [0.2, 0.25) is 5.95 Å². The Bertz CT molecular complexity index is 953. The fourth-order valence-corrected chi connectivity index (χ4v) is 3.47. The van der Waals surface area contributed by atoms with Gasteiger partial charge in [-0.25, -0.2) is 4.98 Å². The summed E-state index contributed by atoms with van der Waals surface area (Å²) in [6.07, 6.45) is 4.96. The molecule has 0 amide bonds. The summed E-state index contributed by atoms with van der Waals surface area (Å²) < 4.78 is 0. The molecule has 1 aliphatic rings. The molecular weight excluding hydrogens is 346 g/mol. The number of benzene rings is 2. The summed E-state index contributed by atoms with van der Waals surface area (Å²) in [4.78, 5) is 11.9. The van der Waals surface area contributed by atoms with E-state index in [0.29, 0.717) is 11.5 Å². The summed E-state index contributed by atoms with van der Waals surface area (Å²) >= 11 is 0. The number of hydrogen-bond donors (Lipinski definition) is 1. The standard InChI is InChI=1S/C23H23N5/c24-17-18-10-12-20(13-11-18)25-23-26-21(19-8-4-3-5-9-19)16-22(27-23)28-14-6-1-2-7-15-28/h3-5,8-13,16H,1-2,6-7,14-15H2,(H,25,26,27). The van der Waals surface area contributed by atoms with Crippen LogP contribution in [-0.4, -0.2) is 23.1 Å². The van der Waals surface area contributed by atoms with Gasteiger partial charge in [-0.3, -0.25) is 0 Å². The van der Waals surface area contributed by atoms with Crippen molar-refractivity contribution >= 4 is 17.5 Å². The van der Waals surface area contributed by atoms with E-state index in [2.05, 4.69) is 34.5 Å². The molecule has 0 saturated carbocycles. The van der Waals surface area contributed by atoms with Gasteiger partial charge >= 0.3 is 0 Å². The van der Waals surface area contributed by atoms with Gasteiger partial charge in [0, 0.05) is 30.4 Å². The van der Waals surface area contributed by atoms with Crippen molar-refractivity contribution < 1.29 is 0 Å². The first-order valence-corrected chi connectivity index (χ1v) is 9.78. The van der Waals surface area contributed by atoms with Crippen LogP contribution in [0.25, 0.3) is 11.3 Å². The highest BCUT2D eigenvalue weighted by atomic mass is 15.2. The minimum atomic E-state index is 0.574. The molecule has 2 aromatic carbocycles. The molecular formula is C23H23N5. The molecule has 0 bridgehead atoms. The van der Waals surface area contributed by atoms with E-state index < -0.39 is 0 Å². The monoisotopic (exact) mass is 369 g/mol. The van der Waals surface area contributed by atoms with E-state index in [1.807, 2.05) is 30.3 Å². The maximum absolute atomic E-state index is 8.98. The Balaban J connectivity index is 1.69. The first kappa shape index (κ1) is 18.0. The van der Waals surface area contributed by atoms with Crippen LogP contribution < -0.4 is 10.2 Å². The fourth-order valence-electron chi connectivity index (χ4n) is 3.47. The van der Waals surface area contributed by atoms with E-state index in [9.17, 15) is 0 Å². The van der Waals surface area contributed by atoms with Crippen LogP contribution >= 0.6 is 0 Å². The molecule has 1 aromatic heterocycles. The van der Waals surface area contributed by atoms with Gasteiger partial charge in [-0.05, 0) is 37.1 Å². The van der Waals surface area contributed by atoms with Crippen LogP contribution in [0.2, 0.25) is 0 Å². The molecule has 1 N–H and O–H groups in total. The van der Waals surface area contributed by atoms with Crippen molar-refractivity contribution in [2.75, 3.05) is 23.3 Å². The predicted molar refractivity (Wildman–Crippen MR) is 113 cm³/mol. The minimum Gasteiger partial charge on any atom is -0.356 e. The van der Waals surface area contributed by atoms with E-state index in [0.717, 1.165) is 35.9 Å². The van der Waals surface area contributed by atoms with E-state index in [1.165, 1.54) is 25.7 Å². The number of nitrogens with one attached hydrogen (secondary N) is 1. The molecule has 5 nitrogen and oxygen atoms in total. The van der Waals surface area contributed by atoms with Gasteiger partial charge in [-0.15, -0.1) is 0 Å². The molecule has 0 unspecified atom stereocenters. The van der Waals surface area contributed by atoms with E-state index in [-0.39, 0.29) is 0 Å². The van der Waals surface area contributed by atoms with Gasteiger partial charge in [-0.2, -0.15) is 10.2 Å². The lowest BCUT2D eigenvalue weighted by Gasteiger charge is -2.22. The van der Waals surface area contributed by atoms with Crippen LogP contribution in [0.15, 0.2) is 60.7 Å². The third kappa shape index (κ3) is 4.29. The number of nitrogens with zero attached hydrogens (tertiary/aromatic N) is 4. The molecule has 0 spiro atoms. The smallest absolute Gasteiger partial charge is 0.229 e. The van der Waals surface area contributed by atoms with Gasteiger partial charge in [0.15, 0.2) is 0 Å². The number of aromatic nitrogens is 2. The number of nitriles is 1.